The first-order chi connectivity index (χ1) is 10.7. The number of hydrogen-bond donors (Lipinski definition) is 4. The van der Waals surface area contributed by atoms with Gasteiger partial charge in [0.25, 0.3) is 0 Å². The lowest BCUT2D eigenvalue weighted by atomic mass is 10.1. The summed E-state index contributed by atoms with van der Waals surface area (Å²) in [7, 11) is 1.89. The summed E-state index contributed by atoms with van der Waals surface area (Å²) in [4.78, 5) is 19.1. The average Bonchev–Trinajstić information content (AvgIpc) is 2.72. The number of carboxylic acid groups (broad SMARTS) is 2. The van der Waals surface area contributed by atoms with E-state index in [2.05, 4.69) is 5.10 Å². The number of phenolic OH excluding ortho intramolecular Hbond substituents is 1. The SMILES string of the molecule is CC(N)Cc1nn(C)c2ccc(O)cc12.O=C(O)/C=C/C(=O)O. The monoisotopic (exact) mass is 321 g/mol. The van der Waals surface area contributed by atoms with Crippen molar-refractivity contribution in [3.63, 3.8) is 0 Å². The molecule has 2 rings (SSSR count). The summed E-state index contributed by atoms with van der Waals surface area (Å²) in [5.41, 5.74) is 7.71. The number of aliphatic carboxylic acids is 2. The van der Waals surface area contributed by atoms with Crippen LogP contribution in [0.15, 0.2) is 30.4 Å². The van der Waals surface area contributed by atoms with Gasteiger partial charge in [0.05, 0.1) is 11.2 Å². The lowest BCUT2D eigenvalue weighted by molar-refractivity contribution is -0.134. The van der Waals surface area contributed by atoms with E-state index < -0.39 is 11.9 Å². The highest BCUT2D eigenvalue weighted by Crippen LogP contribution is 2.23. The van der Waals surface area contributed by atoms with Gasteiger partial charge in [0, 0.05) is 37.0 Å². The van der Waals surface area contributed by atoms with E-state index in [1.807, 2.05) is 24.7 Å². The Labute approximate surface area is 132 Å². The topological polar surface area (TPSA) is 139 Å². The summed E-state index contributed by atoms with van der Waals surface area (Å²) >= 11 is 0. The molecule has 8 nitrogen and oxygen atoms in total. The third-order valence-corrected chi connectivity index (χ3v) is 2.79. The predicted octanol–water partition coefficient (Wildman–Crippen LogP) is 0.880. The van der Waals surface area contributed by atoms with Crippen LogP contribution in [0.4, 0.5) is 0 Å². The van der Waals surface area contributed by atoms with Gasteiger partial charge in [0.15, 0.2) is 0 Å². The van der Waals surface area contributed by atoms with E-state index in [0.717, 1.165) is 23.0 Å². The van der Waals surface area contributed by atoms with Gasteiger partial charge in [-0.05, 0) is 25.1 Å². The molecule has 1 heterocycles. The van der Waals surface area contributed by atoms with Crippen molar-refractivity contribution in [2.24, 2.45) is 12.8 Å². The van der Waals surface area contributed by atoms with E-state index >= 15 is 0 Å². The third-order valence-electron chi connectivity index (χ3n) is 2.79. The van der Waals surface area contributed by atoms with Crippen LogP contribution in [0.1, 0.15) is 12.6 Å². The van der Waals surface area contributed by atoms with Crippen LogP contribution in [0.2, 0.25) is 0 Å². The minimum Gasteiger partial charge on any atom is -0.508 e. The van der Waals surface area contributed by atoms with Crippen LogP contribution in [0, 0.1) is 0 Å². The van der Waals surface area contributed by atoms with Crippen molar-refractivity contribution in [3.8, 4) is 5.75 Å². The number of hydrogen-bond acceptors (Lipinski definition) is 5. The first kappa shape index (κ1) is 18.2. The molecule has 1 aromatic carbocycles. The molecule has 0 aliphatic heterocycles. The molecule has 0 saturated heterocycles. The van der Waals surface area contributed by atoms with Crippen molar-refractivity contribution >= 4 is 22.8 Å². The van der Waals surface area contributed by atoms with Gasteiger partial charge in [-0.1, -0.05) is 0 Å². The second-order valence-electron chi connectivity index (χ2n) is 4.96. The first-order valence-electron chi connectivity index (χ1n) is 6.74. The normalized spacial score (nSPS) is 12.0. The van der Waals surface area contributed by atoms with Gasteiger partial charge in [0.2, 0.25) is 0 Å². The van der Waals surface area contributed by atoms with Crippen LogP contribution in [0.25, 0.3) is 10.9 Å². The molecule has 1 unspecified atom stereocenters. The lowest BCUT2D eigenvalue weighted by Gasteiger charge is -2.01. The summed E-state index contributed by atoms with van der Waals surface area (Å²) in [6, 6.07) is 5.34. The Balaban J connectivity index is 0.000000284. The zero-order valence-corrected chi connectivity index (χ0v) is 12.8. The molecule has 1 aromatic heterocycles. The average molecular weight is 321 g/mol. The number of aromatic nitrogens is 2. The fourth-order valence-electron chi connectivity index (χ4n) is 1.92. The summed E-state index contributed by atoms with van der Waals surface area (Å²) in [6.45, 7) is 1.95. The second-order valence-corrected chi connectivity index (χ2v) is 4.96. The molecule has 8 heteroatoms. The number of carboxylic acids is 2. The van der Waals surface area contributed by atoms with E-state index in [-0.39, 0.29) is 11.8 Å². The van der Waals surface area contributed by atoms with E-state index in [9.17, 15) is 14.7 Å². The van der Waals surface area contributed by atoms with E-state index in [1.54, 1.807) is 12.1 Å². The van der Waals surface area contributed by atoms with E-state index in [4.69, 9.17) is 15.9 Å². The smallest absolute Gasteiger partial charge is 0.328 e. The van der Waals surface area contributed by atoms with E-state index in [0.29, 0.717) is 12.2 Å². The zero-order chi connectivity index (χ0) is 17.6. The Kier molecular flexibility index (Phi) is 6.28. The minimum atomic E-state index is -1.26. The van der Waals surface area contributed by atoms with Crippen molar-refractivity contribution in [1.29, 1.82) is 0 Å². The highest BCUT2D eigenvalue weighted by Gasteiger charge is 2.10. The number of nitrogens with two attached hydrogens (primary N) is 1. The molecule has 23 heavy (non-hydrogen) atoms. The molecule has 1 atom stereocenters. The highest BCUT2D eigenvalue weighted by atomic mass is 16.4. The van der Waals surface area contributed by atoms with Gasteiger partial charge in [-0.25, -0.2) is 9.59 Å². The number of fused-ring (bicyclic) bond motifs is 1. The number of rotatable bonds is 4. The molecule has 0 spiro atoms. The minimum absolute atomic E-state index is 0.0745. The van der Waals surface area contributed by atoms with Crippen LogP contribution in [0.5, 0.6) is 5.75 Å². The van der Waals surface area contributed by atoms with Gasteiger partial charge in [-0.2, -0.15) is 5.10 Å². The lowest BCUT2D eigenvalue weighted by Crippen LogP contribution is -2.18. The van der Waals surface area contributed by atoms with Crippen molar-refractivity contribution < 1.29 is 24.9 Å². The van der Waals surface area contributed by atoms with Gasteiger partial charge in [0.1, 0.15) is 5.75 Å². The van der Waals surface area contributed by atoms with Crippen molar-refractivity contribution in [2.75, 3.05) is 0 Å². The third kappa shape index (κ3) is 5.79. The fourth-order valence-corrected chi connectivity index (χ4v) is 1.92. The Morgan fingerprint density at radius 1 is 1.30 bits per heavy atom. The first-order valence-corrected chi connectivity index (χ1v) is 6.74. The van der Waals surface area contributed by atoms with Crippen LogP contribution in [-0.4, -0.2) is 43.1 Å². The largest absolute Gasteiger partial charge is 0.508 e. The standard InChI is InChI=1S/C11H15N3O.C4H4O4/c1-7(12)5-10-9-6-8(15)3-4-11(9)14(2)13-10;5-3(6)1-2-4(7)8/h3-4,6-7,15H,5,12H2,1-2H3;1-2H,(H,5,6)(H,7,8)/b;2-1+. The zero-order valence-electron chi connectivity index (χ0n) is 12.8. The summed E-state index contributed by atoms with van der Waals surface area (Å²) < 4.78 is 1.81. The van der Waals surface area contributed by atoms with Gasteiger partial charge >= 0.3 is 11.9 Å². The molecule has 0 fully saturated rings. The maximum Gasteiger partial charge on any atom is 0.328 e. The molecule has 2 aromatic rings. The summed E-state index contributed by atoms with van der Waals surface area (Å²) in [5.74, 6) is -2.25. The molecular weight excluding hydrogens is 302 g/mol. The van der Waals surface area contributed by atoms with Crippen LogP contribution < -0.4 is 5.73 Å². The Morgan fingerprint density at radius 3 is 2.35 bits per heavy atom. The van der Waals surface area contributed by atoms with E-state index in [1.165, 1.54) is 0 Å². The van der Waals surface area contributed by atoms with Crippen LogP contribution in [-0.2, 0) is 23.1 Å². The molecule has 0 saturated carbocycles. The fraction of sp³-hybridized carbons (Fsp3) is 0.267. The maximum atomic E-state index is 9.55. The number of aromatic hydroxyl groups is 1. The van der Waals surface area contributed by atoms with Crippen molar-refractivity contribution in [1.82, 2.24) is 9.78 Å². The Morgan fingerprint density at radius 2 is 1.87 bits per heavy atom. The van der Waals surface area contributed by atoms with Crippen molar-refractivity contribution in [3.05, 3.63) is 36.0 Å². The summed E-state index contributed by atoms with van der Waals surface area (Å²) in [5, 5.41) is 30.4. The van der Waals surface area contributed by atoms with Gasteiger partial charge in [-0.15, -0.1) is 0 Å². The second kappa shape index (κ2) is 7.95. The molecule has 124 valence electrons. The van der Waals surface area contributed by atoms with Gasteiger partial charge in [-0.3, -0.25) is 4.68 Å². The number of nitrogens with zero attached hydrogens (tertiary/aromatic N) is 2. The molecule has 0 aliphatic rings. The maximum absolute atomic E-state index is 9.55. The molecule has 0 aliphatic carbocycles. The Bertz CT molecular complexity index is 718. The number of aryl methyl sites for hydroxylation is 1. The predicted molar refractivity (Wildman–Crippen MR) is 84.1 cm³/mol. The quantitative estimate of drug-likeness (QED) is 0.613. The molecule has 0 bridgehead atoms. The number of carbonyl (C=O) groups is 2. The number of benzene rings is 1. The number of phenols is 1. The van der Waals surface area contributed by atoms with Gasteiger partial charge < -0.3 is 21.1 Å². The molecule has 5 N–H and O–H groups in total. The summed E-state index contributed by atoms with van der Waals surface area (Å²) in [6.07, 6.45) is 1.84. The van der Waals surface area contributed by atoms with Crippen molar-refractivity contribution in [2.45, 2.75) is 19.4 Å². The highest BCUT2D eigenvalue weighted by molar-refractivity contribution is 5.89. The molecule has 0 amide bonds. The molecular formula is C15H19N3O5. The van der Waals surface area contributed by atoms with Crippen LogP contribution in [0.3, 0.4) is 0 Å². The Hall–Kier alpha value is -2.87. The van der Waals surface area contributed by atoms with Crippen LogP contribution >= 0.6 is 0 Å². The molecule has 0 radical (unpaired) electrons.